The maximum Gasteiger partial charge on any atom is 0.136 e. The van der Waals surface area contributed by atoms with Crippen molar-refractivity contribution in [2.75, 3.05) is 0 Å². The lowest BCUT2D eigenvalue weighted by molar-refractivity contribution is 0.669. The van der Waals surface area contributed by atoms with Crippen LogP contribution in [0.25, 0.3) is 87.6 Å². The molecule has 0 spiro atoms. The second-order valence-corrected chi connectivity index (χ2v) is 10.7. The van der Waals surface area contributed by atoms with Crippen LogP contribution in [0.5, 0.6) is 0 Å². The summed E-state index contributed by atoms with van der Waals surface area (Å²) in [5.41, 5.74) is 6.43. The lowest BCUT2D eigenvalue weighted by Crippen LogP contribution is -1.91. The van der Waals surface area contributed by atoms with Crippen molar-refractivity contribution < 1.29 is 14.0 Å². The van der Waals surface area contributed by atoms with E-state index in [4.69, 9.17) is 11.3 Å². The Bertz CT molecular complexity index is 2840. The molecule has 1 aromatic heterocycles. The largest absolute Gasteiger partial charge is 0.456 e. The molecule has 0 saturated heterocycles. The van der Waals surface area contributed by atoms with Gasteiger partial charge in [0.25, 0.3) is 0 Å². The molecule has 9 rings (SSSR count). The van der Waals surface area contributed by atoms with Crippen molar-refractivity contribution in [2.24, 2.45) is 0 Å². The minimum Gasteiger partial charge on any atom is -0.456 e. The van der Waals surface area contributed by atoms with Crippen molar-refractivity contribution in [3.8, 4) is 33.4 Å². The van der Waals surface area contributed by atoms with Crippen molar-refractivity contribution >= 4 is 54.3 Å². The Morgan fingerprint density at radius 3 is 1.81 bits per heavy atom. The van der Waals surface area contributed by atoms with Gasteiger partial charge in [0.2, 0.25) is 0 Å². The number of fused-ring (bicyclic) bond motifs is 6. The molecular formula is C42H26O. The standard InChI is InChI=1S/C42H26O/c1-2-12-28(13-3-1)32-19-10-20-39-42(32)37-26-31(23-24-38(37)43-39)41-35-17-8-6-15-33(35)40(34-16-7-9-18-36(34)41)30-22-21-27-11-4-5-14-29(27)25-30/h1-26H/i4D,5D,11D,14D,21D,22D,25D. The summed E-state index contributed by atoms with van der Waals surface area (Å²) in [5.74, 6) is 0. The van der Waals surface area contributed by atoms with Gasteiger partial charge in [-0.3, -0.25) is 0 Å². The zero-order valence-corrected chi connectivity index (χ0v) is 22.9. The van der Waals surface area contributed by atoms with Crippen LogP contribution in [0.2, 0.25) is 0 Å². The zero-order chi connectivity index (χ0) is 34.4. The predicted molar refractivity (Wildman–Crippen MR) is 183 cm³/mol. The van der Waals surface area contributed by atoms with E-state index in [-0.39, 0.29) is 40.5 Å². The maximum absolute atomic E-state index is 9.37. The quantitative estimate of drug-likeness (QED) is 0.198. The third-order valence-electron chi connectivity index (χ3n) is 8.30. The number of hydrogen-bond acceptors (Lipinski definition) is 1. The fourth-order valence-corrected chi connectivity index (χ4v) is 6.46. The van der Waals surface area contributed by atoms with E-state index in [9.17, 15) is 2.74 Å². The average molecular weight is 554 g/mol. The molecule has 0 amide bonds. The Morgan fingerprint density at radius 1 is 0.442 bits per heavy atom. The lowest BCUT2D eigenvalue weighted by Gasteiger charge is -2.18. The van der Waals surface area contributed by atoms with Gasteiger partial charge in [-0.15, -0.1) is 0 Å². The summed E-state index contributed by atoms with van der Waals surface area (Å²) in [5, 5.41) is 5.15. The van der Waals surface area contributed by atoms with E-state index in [1.807, 2.05) is 84.9 Å². The fourth-order valence-electron chi connectivity index (χ4n) is 6.46. The van der Waals surface area contributed by atoms with Gasteiger partial charge in [-0.2, -0.15) is 0 Å². The number of benzene rings is 8. The summed E-state index contributed by atoms with van der Waals surface area (Å²) >= 11 is 0. The van der Waals surface area contributed by atoms with Crippen LogP contribution < -0.4 is 0 Å². The Hall–Kier alpha value is -5.66. The first-order valence-corrected chi connectivity index (χ1v) is 14.2. The molecule has 0 aliphatic heterocycles. The Kier molecular flexibility index (Phi) is 3.95. The number of rotatable bonds is 3. The van der Waals surface area contributed by atoms with Gasteiger partial charge in [0.05, 0.1) is 9.60 Å². The highest BCUT2D eigenvalue weighted by Crippen LogP contribution is 2.45. The summed E-state index contributed by atoms with van der Waals surface area (Å²) in [4.78, 5) is 0. The molecule has 9 aromatic rings. The van der Waals surface area contributed by atoms with Gasteiger partial charge in [0.15, 0.2) is 0 Å². The molecule has 0 saturated carbocycles. The van der Waals surface area contributed by atoms with Crippen LogP contribution in [0.4, 0.5) is 0 Å². The Labute approximate surface area is 259 Å². The van der Waals surface area contributed by atoms with Gasteiger partial charge in [0.1, 0.15) is 11.2 Å². The molecule has 0 atom stereocenters. The Morgan fingerprint density at radius 2 is 1.09 bits per heavy atom. The van der Waals surface area contributed by atoms with E-state index < -0.39 is 18.1 Å². The highest BCUT2D eigenvalue weighted by atomic mass is 16.3. The van der Waals surface area contributed by atoms with Crippen molar-refractivity contribution in [1.82, 2.24) is 0 Å². The molecular weight excluding hydrogens is 520 g/mol. The molecule has 8 aromatic carbocycles. The summed E-state index contributed by atoms with van der Waals surface area (Å²) < 4.78 is 67.5. The van der Waals surface area contributed by atoms with E-state index in [2.05, 4.69) is 30.3 Å². The van der Waals surface area contributed by atoms with Gasteiger partial charge < -0.3 is 4.42 Å². The summed E-state index contributed by atoms with van der Waals surface area (Å²) in [6, 6.07) is 35.7. The van der Waals surface area contributed by atoms with Gasteiger partial charge in [-0.05, 0) is 89.9 Å². The number of hydrogen-bond donors (Lipinski definition) is 0. The molecule has 0 bridgehead atoms. The zero-order valence-electron chi connectivity index (χ0n) is 29.9. The molecule has 1 nitrogen and oxygen atoms in total. The second kappa shape index (κ2) is 9.44. The van der Waals surface area contributed by atoms with E-state index >= 15 is 0 Å². The molecule has 0 fully saturated rings. The van der Waals surface area contributed by atoms with Crippen LogP contribution in [0.15, 0.2) is 162 Å². The molecule has 43 heavy (non-hydrogen) atoms. The van der Waals surface area contributed by atoms with E-state index in [0.717, 1.165) is 65.7 Å². The summed E-state index contributed by atoms with van der Waals surface area (Å²) in [6.45, 7) is 0. The minimum absolute atomic E-state index is 0.0595. The molecule has 200 valence electrons. The molecule has 0 aliphatic carbocycles. The molecule has 0 aliphatic rings. The van der Waals surface area contributed by atoms with Crippen LogP contribution in [-0.2, 0) is 0 Å². The average Bonchev–Trinajstić information content (AvgIpc) is 3.53. The third-order valence-corrected chi connectivity index (χ3v) is 8.30. The summed E-state index contributed by atoms with van der Waals surface area (Å²) in [7, 11) is 0. The van der Waals surface area contributed by atoms with Gasteiger partial charge >= 0.3 is 0 Å². The Balaban J connectivity index is 1.39. The van der Waals surface area contributed by atoms with Gasteiger partial charge in [0, 0.05) is 10.8 Å². The van der Waals surface area contributed by atoms with Crippen LogP contribution in [0.3, 0.4) is 0 Å². The monoisotopic (exact) mass is 553 g/mol. The topological polar surface area (TPSA) is 13.1 Å². The molecule has 0 radical (unpaired) electrons. The van der Waals surface area contributed by atoms with Crippen LogP contribution >= 0.6 is 0 Å². The first-order valence-electron chi connectivity index (χ1n) is 17.7. The van der Waals surface area contributed by atoms with E-state index in [1.165, 1.54) is 0 Å². The highest BCUT2D eigenvalue weighted by Gasteiger charge is 2.19. The molecule has 1 heterocycles. The third kappa shape index (κ3) is 3.72. The normalized spacial score (nSPS) is 14.0. The smallest absolute Gasteiger partial charge is 0.136 e. The molecule has 0 N–H and O–H groups in total. The summed E-state index contributed by atoms with van der Waals surface area (Å²) in [6.07, 6.45) is 0. The SMILES string of the molecule is [2H]c1c([2H])c([2H])c2c([2H])c(-c3c4ccccc4c(-c4ccc5oc6cccc(-c7ccccc7)c6c5c4)c4ccccc34)c([2H])c([2H])c2c1[2H]. The lowest BCUT2D eigenvalue weighted by atomic mass is 9.85. The van der Waals surface area contributed by atoms with Crippen molar-refractivity contribution in [3.63, 3.8) is 0 Å². The highest BCUT2D eigenvalue weighted by molar-refractivity contribution is 6.23. The number of furan rings is 1. The molecule has 0 unspecified atom stereocenters. The fraction of sp³-hybridized carbons (Fsp3) is 0. The van der Waals surface area contributed by atoms with Crippen LogP contribution in [-0.4, -0.2) is 0 Å². The first-order chi connectivity index (χ1) is 24.3. The van der Waals surface area contributed by atoms with Crippen molar-refractivity contribution in [2.45, 2.75) is 0 Å². The van der Waals surface area contributed by atoms with Crippen molar-refractivity contribution in [3.05, 3.63) is 158 Å². The predicted octanol–water partition coefficient (Wildman–Crippen LogP) is 12.0. The van der Waals surface area contributed by atoms with Gasteiger partial charge in [-0.1, -0.05) is 133 Å². The van der Waals surface area contributed by atoms with Crippen molar-refractivity contribution in [1.29, 1.82) is 0 Å². The second-order valence-electron chi connectivity index (χ2n) is 10.7. The first kappa shape index (κ1) is 18.0. The van der Waals surface area contributed by atoms with Gasteiger partial charge in [-0.25, -0.2) is 0 Å². The molecule has 1 heteroatoms. The van der Waals surface area contributed by atoms with Crippen LogP contribution in [0.1, 0.15) is 9.60 Å². The van der Waals surface area contributed by atoms with E-state index in [0.29, 0.717) is 5.56 Å². The van der Waals surface area contributed by atoms with E-state index in [1.54, 1.807) is 0 Å². The minimum atomic E-state index is -0.485. The maximum atomic E-state index is 9.37. The van der Waals surface area contributed by atoms with Crippen LogP contribution in [0, 0.1) is 0 Å².